The monoisotopic (exact) mass is 274 g/mol. The zero-order valence-corrected chi connectivity index (χ0v) is 12.7. The molecule has 110 valence electrons. The van der Waals surface area contributed by atoms with Gasteiger partial charge in [-0.1, -0.05) is 25.5 Å². The van der Waals surface area contributed by atoms with Gasteiger partial charge >= 0.3 is 0 Å². The second-order valence-corrected chi connectivity index (χ2v) is 6.29. The third-order valence-corrected chi connectivity index (χ3v) is 4.89. The van der Waals surface area contributed by atoms with Crippen molar-refractivity contribution < 1.29 is 4.74 Å². The van der Waals surface area contributed by atoms with Crippen molar-refractivity contribution in [3.63, 3.8) is 0 Å². The maximum atomic E-state index is 6.22. The summed E-state index contributed by atoms with van der Waals surface area (Å²) in [6.07, 6.45) is 5.00. The van der Waals surface area contributed by atoms with E-state index in [-0.39, 0.29) is 5.54 Å². The first kappa shape index (κ1) is 13.7. The van der Waals surface area contributed by atoms with E-state index in [1.165, 1.54) is 37.1 Å². The van der Waals surface area contributed by atoms with Gasteiger partial charge in [0.2, 0.25) is 0 Å². The summed E-state index contributed by atoms with van der Waals surface area (Å²) in [5, 5.41) is 3.46. The minimum absolute atomic E-state index is 0.189. The Labute approximate surface area is 122 Å². The number of nitrogens with zero attached hydrogens (tertiary/aromatic N) is 1. The van der Waals surface area contributed by atoms with Crippen LogP contribution in [0.15, 0.2) is 18.2 Å². The summed E-state index contributed by atoms with van der Waals surface area (Å²) in [6, 6.07) is 6.41. The smallest absolute Gasteiger partial charge is 0.142 e. The number of benzene rings is 1. The second kappa shape index (κ2) is 5.65. The van der Waals surface area contributed by atoms with Crippen molar-refractivity contribution in [2.75, 3.05) is 31.6 Å². The zero-order chi connectivity index (χ0) is 14.0. The molecule has 0 aromatic heterocycles. The largest absolute Gasteiger partial charge is 0.489 e. The van der Waals surface area contributed by atoms with Gasteiger partial charge in [0.05, 0.1) is 11.2 Å². The average molecular weight is 274 g/mol. The van der Waals surface area contributed by atoms with E-state index in [4.69, 9.17) is 4.74 Å². The fourth-order valence-electron chi connectivity index (χ4n) is 3.60. The van der Waals surface area contributed by atoms with E-state index in [2.05, 4.69) is 42.3 Å². The summed E-state index contributed by atoms with van der Waals surface area (Å²) in [6.45, 7) is 8.76. The third-order valence-electron chi connectivity index (χ3n) is 4.89. The van der Waals surface area contributed by atoms with Crippen molar-refractivity contribution in [3.05, 3.63) is 23.8 Å². The number of ether oxygens (including phenoxy) is 1. The first-order valence-corrected chi connectivity index (χ1v) is 7.96. The van der Waals surface area contributed by atoms with Crippen LogP contribution < -0.4 is 10.1 Å². The lowest BCUT2D eigenvalue weighted by molar-refractivity contribution is 0.0252. The van der Waals surface area contributed by atoms with E-state index in [9.17, 15) is 0 Å². The molecule has 2 heterocycles. The quantitative estimate of drug-likeness (QED) is 0.911. The van der Waals surface area contributed by atoms with Crippen LogP contribution >= 0.6 is 0 Å². The maximum Gasteiger partial charge on any atom is 0.142 e. The van der Waals surface area contributed by atoms with E-state index in [0.29, 0.717) is 0 Å². The van der Waals surface area contributed by atoms with E-state index in [0.717, 1.165) is 31.9 Å². The molecule has 3 heteroatoms. The summed E-state index contributed by atoms with van der Waals surface area (Å²) in [7, 11) is 0. The van der Waals surface area contributed by atoms with Gasteiger partial charge in [0.15, 0.2) is 0 Å². The highest BCUT2D eigenvalue weighted by Crippen LogP contribution is 2.34. The number of nitrogens with one attached hydrogen (secondary N) is 1. The first-order valence-electron chi connectivity index (χ1n) is 7.96. The van der Waals surface area contributed by atoms with Crippen molar-refractivity contribution in [2.45, 2.75) is 45.1 Å². The molecule has 2 aliphatic heterocycles. The second-order valence-electron chi connectivity index (χ2n) is 6.29. The topological polar surface area (TPSA) is 24.5 Å². The molecule has 0 radical (unpaired) electrons. The van der Waals surface area contributed by atoms with Gasteiger partial charge in [-0.05, 0) is 50.9 Å². The van der Waals surface area contributed by atoms with Gasteiger partial charge < -0.3 is 10.1 Å². The first-order chi connectivity index (χ1) is 9.73. The summed E-state index contributed by atoms with van der Waals surface area (Å²) in [5.41, 5.74) is 2.80. The summed E-state index contributed by atoms with van der Waals surface area (Å²) < 4.78 is 6.22. The van der Waals surface area contributed by atoms with Crippen molar-refractivity contribution in [1.82, 2.24) is 4.90 Å². The predicted molar refractivity (Wildman–Crippen MR) is 83.6 cm³/mol. The standard InChI is InChI=1S/C17H26N2O/c1-3-19-12-5-4-10-17(19,2)13-20-15-8-6-7-14-9-11-18-16(14)15/h6-8,18H,3-5,9-13H2,1-2H3. The van der Waals surface area contributed by atoms with Crippen LogP contribution in [0.2, 0.25) is 0 Å². The fraction of sp³-hybridized carbons (Fsp3) is 0.647. The molecule has 0 saturated carbocycles. The highest BCUT2D eigenvalue weighted by atomic mass is 16.5. The molecule has 0 amide bonds. The molecular formula is C17H26N2O. The molecule has 1 unspecified atom stereocenters. The van der Waals surface area contributed by atoms with Gasteiger partial charge in [-0.25, -0.2) is 0 Å². The number of para-hydroxylation sites is 1. The molecule has 3 rings (SSSR count). The Morgan fingerprint density at radius 2 is 2.25 bits per heavy atom. The zero-order valence-electron chi connectivity index (χ0n) is 12.7. The molecule has 2 aliphatic rings. The predicted octanol–water partition coefficient (Wildman–Crippen LogP) is 3.30. The SMILES string of the molecule is CCN1CCCCC1(C)COc1cccc2c1NCC2. The molecular weight excluding hydrogens is 248 g/mol. The number of likely N-dealkylation sites (N-methyl/N-ethyl adjacent to an activating group) is 1. The van der Waals surface area contributed by atoms with Crippen molar-refractivity contribution in [3.8, 4) is 5.75 Å². The van der Waals surface area contributed by atoms with E-state index < -0.39 is 0 Å². The van der Waals surface area contributed by atoms with Crippen LogP contribution in [0.4, 0.5) is 5.69 Å². The Kier molecular flexibility index (Phi) is 3.88. The van der Waals surface area contributed by atoms with Gasteiger partial charge in [-0.15, -0.1) is 0 Å². The number of hydrogen-bond donors (Lipinski definition) is 1. The van der Waals surface area contributed by atoms with Gasteiger partial charge in [0.1, 0.15) is 12.4 Å². The van der Waals surface area contributed by atoms with Crippen LogP contribution in [0.1, 0.15) is 38.7 Å². The third kappa shape index (κ3) is 2.51. The molecule has 1 saturated heterocycles. The molecule has 0 spiro atoms. The van der Waals surface area contributed by atoms with E-state index in [1.54, 1.807) is 0 Å². The molecule has 3 nitrogen and oxygen atoms in total. The number of rotatable bonds is 4. The fourth-order valence-corrected chi connectivity index (χ4v) is 3.60. The molecule has 0 bridgehead atoms. The minimum Gasteiger partial charge on any atom is -0.489 e. The van der Waals surface area contributed by atoms with Crippen molar-refractivity contribution in [1.29, 1.82) is 0 Å². The number of likely N-dealkylation sites (tertiary alicyclic amines) is 1. The summed E-state index contributed by atoms with van der Waals surface area (Å²) >= 11 is 0. The Balaban J connectivity index is 1.71. The van der Waals surface area contributed by atoms with E-state index >= 15 is 0 Å². The van der Waals surface area contributed by atoms with Gasteiger partial charge in [-0.2, -0.15) is 0 Å². The Hall–Kier alpha value is -1.22. The molecule has 1 fully saturated rings. The number of hydrogen-bond acceptors (Lipinski definition) is 3. The van der Waals surface area contributed by atoms with Crippen LogP contribution in [0.3, 0.4) is 0 Å². The molecule has 1 N–H and O–H groups in total. The van der Waals surface area contributed by atoms with Gasteiger partial charge in [-0.3, -0.25) is 4.90 Å². The van der Waals surface area contributed by atoms with Crippen LogP contribution in [-0.2, 0) is 6.42 Å². The maximum absolute atomic E-state index is 6.22. The van der Waals surface area contributed by atoms with Crippen LogP contribution in [0.25, 0.3) is 0 Å². The molecule has 1 aromatic carbocycles. The molecule has 0 aliphatic carbocycles. The Morgan fingerprint density at radius 3 is 3.10 bits per heavy atom. The highest BCUT2D eigenvalue weighted by Gasteiger charge is 2.34. The molecule has 1 aromatic rings. The Bertz CT molecular complexity index is 474. The van der Waals surface area contributed by atoms with Crippen LogP contribution in [0.5, 0.6) is 5.75 Å². The lowest BCUT2D eigenvalue weighted by atomic mass is 9.89. The van der Waals surface area contributed by atoms with E-state index in [1.807, 2.05) is 0 Å². The lowest BCUT2D eigenvalue weighted by Crippen LogP contribution is -2.53. The number of anilines is 1. The summed E-state index contributed by atoms with van der Waals surface area (Å²) in [4.78, 5) is 2.58. The van der Waals surface area contributed by atoms with Gasteiger partial charge in [0, 0.05) is 6.54 Å². The van der Waals surface area contributed by atoms with Gasteiger partial charge in [0.25, 0.3) is 0 Å². The normalized spacial score (nSPS) is 26.1. The summed E-state index contributed by atoms with van der Waals surface area (Å²) in [5.74, 6) is 1.03. The Morgan fingerprint density at radius 1 is 1.35 bits per heavy atom. The average Bonchev–Trinajstić information content (AvgIpc) is 2.94. The minimum atomic E-state index is 0.189. The van der Waals surface area contributed by atoms with Crippen LogP contribution in [-0.4, -0.2) is 36.7 Å². The number of fused-ring (bicyclic) bond motifs is 1. The van der Waals surface area contributed by atoms with Crippen LogP contribution in [0, 0.1) is 0 Å². The molecule has 20 heavy (non-hydrogen) atoms. The van der Waals surface area contributed by atoms with Crippen molar-refractivity contribution >= 4 is 5.69 Å². The number of piperidine rings is 1. The highest BCUT2D eigenvalue weighted by molar-refractivity contribution is 5.65. The van der Waals surface area contributed by atoms with Crippen molar-refractivity contribution in [2.24, 2.45) is 0 Å². The lowest BCUT2D eigenvalue weighted by Gasteiger charge is -2.44. The molecule has 1 atom stereocenters.